The molecule has 0 fully saturated rings. The van der Waals surface area contributed by atoms with Gasteiger partial charge in [0.15, 0.2) is 0 Å². The number of carbonyl (C=O) groups is 2. The van der Waals surface area contributed by atoms with Crippen molar-refractivity contribution in [2.45, 2.75) is 69.4 Å². The Labute approximate surface area is 296 Å². The quantitative estimate of drug-likeness (QED) is 0.242. The van der Waals surface area contributed by atoms with E-state index in [1.807, 2.05) is 13.0 Å². The number of benzene rings is 3. The summed E-state index contributed by atoms with van der Waals surface area (Å²) in [4.78, 5) is 28.3. The number of fused-ring (bicyclic) bond motifs is 1. The van der Waals surface area contributed by atoms with Gasteiger partial charge < -0.3 is 30.1 Å². The van der Waals surface area contributed by atoms with Crippen molar-refractivity contribution in [2.75, 3.05) is 44.0 Å². The van der Waals surface area contributed by atoms with E-state index in [9.17, 15) is 36.3 Å². The van der Waals surface area contributed by atoms with E-state index < -0.39 is 51.8 Å². The van der Waals surface area contributed by atoms with Gasteiger partial charge in [0.2, 0.25) is 10.0 Å². The molecule has 4 atom stereocenters. The van der Waals surface area contributed by atoms with Crippen LogP contribution in [0.25, 0.3) is 0 Å². The molecule has 278 valence electrons. The lowest BCUT2D eigenvalue weighted by molar-refractivity contribution is -0.137. The number of likely N-dealkylation sites (N-methyl/N-ethyl adjacent to an activating group) is 1. The molecule has 4 rings (SSSR count). The zero-order chi connectivity index (χ0) is 37.3. The number of nitrogens with zero attached hydrogens (tertiary/aromatic N) is 2. The summed E-state index contributed by atoms with van der Waals surface area (Å²) in [5.41, 5.74) is 0.0970. The number of ether oxygens (including phenoxy) is 2. The van der Waals surface area contributed by atoms with Gasteiger partial charge in [0.25, 0.3) is 5.91 Å². The Bertz CT molecular complexity index is 1730. The van der Waals surface area contributed by atoms with Crippen molar-refractivity contribution in [1.29, 1.82) is 0 Å². The molecule has 15 heteroatoms. The Kier molecular flexibility index (Phi) is 13.5. The van der Waals surface area contributed by atoms with Crippen LogP contribution in [0, 0.1) is 5.92 Å². The van der Waals surface area contributed by atoms with Crippen LogP contribution in [0.3, 0.4) is 0 Å². The molecule has 3 aromatic carbocycles. The molecule has 0 bridgehead atoms. The first kappa shape index (κ1) is 39.6. The minimum atomic E-state index is -4.61. The summed E-state index contributed by atoms with van der Waals surface area (Å²) in [5, 5.41) is 15.7. The molecule has 51 heavy (non-hydrogen) atoms. The predicted octanol–water partition coefficient (Wildman–Crippen LogP) is 6.47. The fraction of sp³-hybridized carbons (Fsp3) is 0.444. The number of nitrogens with one attached hydrogen (secondary N) is 2. The number of aliphatic hydroxyl groups excluding tert-OH is 1. The SMILES string of the molecule is C[C@@H]1CN([C@@H](C)CO)C(=O)c2cc(NC(=O)Nc3ccccc3)ccc2O[C@@H](C)CCCCO[C@H]1CN(C)S(=O)(=O)c1ccc(C(F)(F)F)cc1. The van der Waals surface area contributed by atoms with Gasteiger partial charge in [-0.1, -0.05) is 25.1 Å². The van der Waals surface area contributed by atoms with Gasteiger partial charge in [-0.2, -0.15) is 17.5 Å². The van der Waals surface area contributed by atoms with Gasteiger partial charge in [-0.25, -0.2) is 13.2 Å². The lowest BCUT2D eigenvalue weighted by Gasteiger charge is -2.35. The van der Waals surface area contributed by atoms with Gasteiger partial charge in [-0.15, -0.1) is 0 Å². The number of alkyl halides is 3. The number of amides is 3. The number of para-hydroxylation sites is 1. The minimum absolute atomic E-state index is 0.0422. The van der Waals surface area contributed by atoms with Crippen LogP contribution < -0.4 is 15.4 Å². The maximum Gasteiger partial charge on any atom is 0.416 e. The lowest BCUT2D eigenvalue weighted by atomic mass is 10.0. The summed E-state index contributed by atoms with van der Waals surface area (Å²) in [6, 6.07) is 15.7. The van der Waals surface area contributed by atoms with Crippen molar-refractivity contribution in [3.63, 3.8) is 0 Å². The van der Waals surface area contributed by atoms with Gasteiger partial charge >= 0.3 is 12.2 Å². The van der Waals surface area contributed by atoms with E-state index in [0.717, 1.165) is 28.6 Å². The molecule has 0 saturated heterocycles. The molecule has 0 saturated carbocycles. The smallest absolute Gasteiger partial charge is 0.416 e. The molecule has 0 spiro atoms. The molecule has 1 heterocycles. The van der Waals surface area contributed by atoms with E-state index in [-0.39, 0.29) is 42.9 Å². The number of aliphatic hydroxyl groups is 1. The van der Waals surface area contributed by atoms with E-state index in [1.54, 1.807) is 50.2 Å². The van der Waals surface area contributed by atoms with Crippen molar-refractivity contribution in [2.24, 2.45) is 5.92 Å². The van der Waals surface area contributed by atoms with Crippen LogP contribution in [-0.2, 0) is 20.9 Å². The molecule has 3 amide bonds. The van der Waals surface area contributed by atoms with Gasteiger partial charge in [-0.05, 0) is 87.7 Å². The maximum atomic E-state index is 14.3. The summed E-state index contributed by atoms with van der Waals surface area (Å²) in [7, 11) is -2.88. The third-order valence-electron chi connectivity index (χ3n) is 8.67. The van der Waals surface area contributed by atoms with Gasteiger partial charge in [0.05, 0.1) is 40.9 Å². The average Bonchev–Trinajstić information content (AvgIpc) is 3.09. The monoisotopic (exact) mass is 734 g/mol. The van der Waals surface area contributed by atoms with E-state index in [1.165, 1.54) is 18.0 Å². The molecular formula is C36H45F3N4O7S. The molecular weight excluding hydrogens is 689 g/mol. The number of rotatable bonds is 8. The number of halogens is 3. The highest BCUT2D eigenvalue weighted by molar-refractivity contribution is 7.89. The number of hydrogen-bond acceptors (Lipinski definition) is 7. The second-order valence-electron chi connectivity index (χ2n) is 12.8. The number of hydrogen-bond donors (Lipinski definition) is 3. The van der Waals surface area contributed by atoms with Crippen LogP contribution in [-0.4, -0.2) is 86.3 Å². The predicted molar refractivity (Wildman–Crippen MR) is 187 cm³/mol. The number of urea groups is 1. The van der Waals surface area contributed by atoms with Crippen LogP contribution in [0.4, 0.5) is 29.3 Å². The Hall–Kier alpha value is -4.18. The van der Waals surface area contributed by atoms with Crippen LogP contribution in [0.1, 0.15) is 56.0 Å². The van der Waals surface area contributed by atoms with Crippen LogP contribution in [0.2, 0.25) is 0 Å². The van der Waals surface area contributed by atoms with E-state index in [0.29, 0.717) is 36.4 Å². The number of sulfonamides is 1. The fourth-order valence-corrected chi connectivity index (χ4v) is 6.81. The van der Waals surface area contributed by atoms with Crippen LogP contribution >= 0.6 is 0 Å². The third-order valence-corrected chi connectivity index (χ3v) is 10.5. The summed E-state index contributed by atoms with van der Waals surface area (Å²) >= 11 is 0. The summed E-state index contributed by atoms with van der Waals surface area (Å²) in [6.45, 7) is 5.14. The van der Waals surface area contributed by atoms with Gasteiger partial charge in [-0.3, -0.25) is 4.79 Å². The Morgan fingerprint density at radius 3 is 2.33 bits per heavy atom. The average molecular weight is 735 g/mol. The molecule has 1 aliphatic heterocycles. The second kappa shape index (κ2) is 17.4. The summed E-state index contributed by atoms with van der Waals surface area (Å²) < 4.78 is 79.7. The molecule has 0 radical (unpaired) electrons. The molecule has 11 nitrogen and oxygen atoms in total. The Morgan fingerprint density at radius 1 is 1.02 bits per heavy atom. The molecule has 0 aromatic heterocycles. The first-order valence-electron chi connectivity index (χ1n) is 16.7. The highest BCUT2D eigenvalue weighted by Crippen LogP contribution is 2.31. The Morgan fingerprint density at radius 2 is 1.69 bits per heavy atom. The van der Waals surface area contributed by atoms with E-state index in [2.05, 4.69) is 10.6 Å². The van der Waals surface area contributed by atoms with E-state index >= 15 is 0 Å². The van der Waals surface area contributed by atoms with Gasteiger partial charge in [0.1, 0.15) is 5.75 Å². The highest BCUT2D eigenvalue weighted by Gasteiger charge is 2.34. The van der Waals surface area contributed by atoms with E-state index in [4.69, 9.17) is 9.47 Å². The summed E-state index contributed by atoms with van der Waals surface area (Å²) in [6.07, 6.45) is -3.68. The largest absolute Gasteiger partial charge is 0.490 e. The zero-order valence-corrected chi connectivity index (χ0v) is 29.8. The normalized spacial score (nSPS) is 20.1. The standard InChI is InChI=1S/C36H45F3N4O7S/c1-24-21-43(25(2)23-44)34(45)31-20-29(41-35(46)40-28-11-6-5-7-12-28)15-18-32(31)50-26(3)10-8-9-19-49-33(24)22-42(4)51(47,48)30-16-13-27(14-17-30)36(37,38)39/h5-7,11-18,20,24-26,33,44H,8-10,19,21-23H2,1-4H3,(H2,40,41,46)/t24-,25+,26+,33+/m1/s1. The minimum Gasteiger partial charge on any atom is -0.490 e. The lowest BCUT2D eigenvalue weighted by Crippen LogP contribution is -2.48. The highest BCUT2D eigenvalue weighted by atomic mass is 32.2. The zero-order valence-electron chi connectivity index (χ0n) is 29.0. The molecule has 0 unspecified atom stereocenters. The molecule has 0 aliphatic carbocycles. The van der Waals surface area contributed by atoms with Crippen molar-refractivity contribution >= 4 is 33.3 Å². The number of carbonyl (C=O) groups excluding carboxylic acids is 2. The third kappa shape index (κ3) is 10.7. The topological polar surface area (TPSA) is 138 Å². The first-order valence-corrected chi connectivity index (χ1v) is 18.1. The van der Waals surface area contributed by atoms with Crippen molar-refractivity contribution < 1.29 is 45.8 Å². The number of anilines is 2. The Balaban J connectivity index is 1.61. The summed E-state index contributed by atoms with van der Waals surface area (Å²) in [5.74, 6) is -0.659. The molecule has 1 aliphatic rings. The van der Waals surface area contributed by atoms with Crippen molar-refractivity contribution in [1.82, 2.24) is 9.21 Å². The van der Waals surface area contributed by atoms with Crippen LogP contribution in [0.15, 0.2) is 77.7 Å². The first-order chi connectivity index (χ1) is 24.1. The molecule has 3 N–H and O–H groups in total. The maximum absolute atomic E-state index is 14.3. The second-order valence-corrected chi connectivity index (χ2v) is 14.8. The van der Waals surface area contributed by atoms with Crippen LogP contribution in [0.5, 0.6) is 5.75 Å². The molecule has 3 aromatic rings. The fourth-order valence-electron chi connectivity index (χ4n) is 5.63. The van der Waals surface area contributed by atoms with Crippen molar-refractivity contribution in [3.05, 3.63) is 83.9 Å². The van der Waals surface area contributed by atoms with Gasteiger partial charge in [0, 0.05) is 44.0 Å². The van der Waals surface area contributed by atoms with Crippen molar-refractivity contribution in [3.8, 4) is 5.75 Å².